The Labute approximate surface area is 506 Å². The van der Waals surface area contributed by atoms with Gasteiger partial charge in [0.1, 0.15) is 60.4 Å². The molecule has 0 bridgehead atoms. The van der Waals surface area contributed by atoms with E-state index in [0.717, 1.165) is 6.42 Å². The number of likely N-dealkylation sites (tertiary alicyclic amines) is 3. The van der Waals surface area contributed by atoms with E-state index in [4.69, 9.17) is 22.9 Å². The molecule has 0 aromatic heterocycles. The van der Waals surface area contributed by atoms with Crippen molar-refractivity contribution in [3.8, 4) is 0 Å². The van der Waals surface area contributed by atoms with Crippen LogP contribution in [0.5, 0.6) is 0 Å². The van der Waals surface area contributed by atoms with Gasteiger partial charge in [-0.25, -0.2) is 4.79 Å². The van der Waals surface area contributed by atoms with Crippen LogP contribution in [0.3, 0.4) is 0 Å². The van der Waals surface area contributed by atoms with Gasteiger partial charge >= 0.3 is 5.97 Å². The molecular weight excluding hydrogens is 1140 g/mol. The fourth-order valence-corrected chi connectivity index (χ4v) is 11.2. The fourth-order valence-electron chi connectivity index (χ4n) is 10.9. The summed E-state index contributed by atoms with van der Waals surface area (Å²) < 4.78 is 0. The van der Waals surface area contributed by atoms with Crippen molar-refractivity contribution in [1.29, 1.82) is 0 Å². The first-order chi connectivity index (χ1) is 40.8. The zero-order valence-corrected chi connectivity index (χ0v) is 50.9. The molecule has 4 aliphatic heterocycles. The van der Waals surface area contributed by atoms with Crippen molar-refractivity contribution in [1.82, 2.24) is 57.2 Å². The summed E-state index contributed by atoms with van der Waals surface area (Å²) >= 11 is 4.26. The van der Waals surface area contributed by atoms with E-state index in [0.29, 0.717) is 58.0 Å². The van der Waals surface area contributed by atoms with E-state index in [-0.39, 0.29) is 94.2 Å². The van der Waals surface area contributed by atoms with Crippen LogP contribution in [0.25, 0.3) is 0 Å². The molecule has 31 nitrogen and oxygen atoms in total. The number of aliphatic hydroxyl groups excluding tert-OH is 2. The molecule has 0 saturated carbocycles. The summed E-state index contributed by atoms with van der Waals surface area (Å²) in [6.45, 7) is 8.50. The molecule has 0 aliphatic carbocycles. The zero-order chi connectivity index (χ0) is 63.9. The summed E-state index contributed by atoms with van der Waals surface area (Å²) in [7, 11) is 0. The van der Waals surface area contributed by atoms with Gasteiger partial charge in [0, 0.05) is 38.5 Å². The lowest BCUT2D eigenvalue weighted by atomic mass is 9.96. The van der Waals surface area contributed by atoms with Crippen LogP contribution in [-0.2, 0) is 52.7 Å². The smallest absolute Gasteiger partial charge is 0.326 e. The summed E-state index contributed by atoms with van der Waals surface area (Å²) in [4.78, 5) is 164. The van der Waals surface area contributed by atoms with Gasteiger partial charge in [0.15, 0.2) is 11.9 Å². The summed E-state index contributed by atoms with van der Waals surface area (Å²) in [5, 5.41) is 52.2. The first-order valence-electron chi connectivity index (χ1n) is 29.8. The Morgan fingerprint density at radius 3 is 1.50 bits per heavy atom. The Morgan fingerprint density at radius 2 is 1.01 bits per heavy atom. The lowest BCUT2D eigenvalue weighted by Gasteiger charge is -2.35. The first kappa shape index (κ1) is 71.4. The monoisotopic (exact) mass is 1240 g/mol. The molecule has 14 atom stereocenters. The number of aliphatic carboxylic acids is 1. The predicted molar refractivity (Wildman–Crippen MR) is 318 cm³/mol. The number of hydrogen-bond acceptors (Lipinski definition) is 17. The van der Waals surface area contributed by atoms with Crippen LogP contribution >= 0.6 is 12.6 Å². The van der Waals surface area contributed by atoms with Crippen LogP contribution in [0, 0.1) is 11.8 Å². The highest BCUT2D eigenvalue weighted by Crippen LogP contribution is 2.28. The van der Waals surface area contributed by atoms with Gasteiger partial charge in [-0.1, -0.05) is 40.5 Å². The maximum absolute atomic E-state index is 14.5. The molecule has 4 heterocycles. The number of carboxylic acids is 1. The first-order valence-corrected chi connectivity index (χ1v) is 30.4. The molecule has 0 aromatic rings. The molecule has 86 heavy (non-hydrogen) atoms. The molecule has 4 saturated heterocycles. The fraction of sp³-hybridized carbons (Fsp3) is 0.759. The standard InChI is InChI=1S/C54H93N17O14S/c1-6-28(3)39(51(83)71-25-13-19-38(71)50(82)70-24-12-18-37(70)47(79)67-40(52(84)85)29(4)7-2)66-44(76)34(26-72)64-42(74)32(15-9-22-61-54(57)58)63-48(80)41(30(5)73)68-45(77)35(27-86)65-43(75)31(14-8-21-60-53(55)56)62-46(78)36-17-11-23-69(36)49(81)33-16-10-20-59-33/h28-41,59,72-73,86H,6-27H2,1-5H3,(H,62,78)(H,63,80)(H,64,74)(H,65,75)(H,66,76)(H,67,79)(H,68,77)(H,84,85)(H4,55,56,60)(H4,57,58,61)/t28-,29-,30+,31-,32-,33-,34-,35-,36-,37-,38-,39-,40-,41-/m0/s1. The highest BCUT2D eigenvalue weighted by atomic mass is 32.1. The van der Waals surface area contributed by atoms with Crippen molar-refractivity contribution in [3.63, 3.8) is 0 Å². The van der Waals surface area contributed by atoms with Gasteiger partial charge in [-0.15, -0.1) is 0 Å². The summed E-state index contributed by atoms with van der Waals surface area (Å²) in [6, 6.07) is -13.6. The molecule has 32 heteroatoms. The van der Waals surface area contributed by atoms with E-state index in [2.05, 4.69) is 65.1 Å². The van der Waals surface area contributed by atoms with E-state index in [1.165, 1.54) is 21.6 Å². The number of nitrogens with zero attached hydrogens (tertiary/aromatic N) is 5. The average Bonchev–Trinajstić information content (AvgIpc) is 2.67. The maximum Gasteiger partial charge on any atom is 0.326 e. The van der Waals surface area contributed by atoms with Gasteiger partial charge in [0.2, 0.25) is 59.1 Å². The van der Waals surface area contributed by atoms with Crippen LogP contribution in [0.4, 0.5) is 0 Å². The van der Waals surface area contributed by atoms with E-state index >= 15 is 0 Å². The highest BCUT2D eigenvalue weighted by molar-refractivity contribution is 7.80. The Morgan fingerprint density at radius 1 is 0.558 bits per heavy atom. The number of carbonyl (C=O) groups excluding carboxylic acids is 10. The Bertz CT molecular complexity index is 2440. The number of amides is 10. The highest BCUT2D eigenvalue weighted by Gasteiger charge is 2.46. The minimum absolute atomic E-state index is 0.00927. The largest absolute Gasteiger partial charge is 0.480 e. The van der Waals surface area contributed by atoms with Gasteiger partial charge in [0.05, 0.1) is 18.8 Å². The number of thiol groups is 1. The Kier molecular flexibility index (Phi) is 29.0. The Balaban J connectivity index is 1.48. The van der Waals surface area contributed by atoms with Crippen molar-refractivity contribution < 1.29 is 68.1 Å². The van der Waals surface area contributed by atoms with Crippen LogP contribution in [0.15, 0.2) is 9.98 Å². The molecule has 0 aromatic carbocycles. The second kappa shape index (κ2) is 34.9. The molecular formula is C54H93N17O14S. The van der Waals surface area contributed by atoms with Gasteiger partial charge in [-0.05, 0) is 102 Å². The van der Waals surface area contributed by atoms with E-state index in [9.17, 15) is 68.1 Å². The van der Waals surface area contributed by atoms with Crippen LogP contribution in [0.2, 0.25) is 0 Å². The predicted octanol–water partition coefficient (Wildman–Crippen LogP) is -5.31. The summed E-state index contributed by atoms with van der Waals surface area (Å²) in [6.07, 6.45) is 2.96. The number of carbonyl (C=O) groups is 11. The Hall–Kier alpha value is -7.06. The number of hydrogen-bond donors (Lipinski definition) is 16. The lowest BCUT2D eigenvalue weighted by Crippen LogP contribution is -2.62. The molecule has 0 spiro atoms. The van der Waals surface area contributed by atoms with Crippen molar-refractivity contribution in [2.75, 3.05) is 51.6 Å². The summed E-state index contributed by atoms with van der Waals surface area (Å²) in [5.41, 5.74) is 22.0. The SMILES string of the molecule is CC[C@H](C)[C@H](NC(=O)[C@@H]1CCCN1C(=O)[C@@H]1CCCN1C(=O)[C@@H](NC(=O)[C@H](CO)NC(=O)[C@H](CCCN=C(N)N)NC(=O)[C@@H](NC(=O)[C@H](CS)NC(=O)[C@H](CCCN=C(N)N)NC(=O)[C@@H]1CCCN1C(=O)[C@@H]1CCCN1)[C@@H](C)O)[C@@H](C)CC)C(=O)O. The number of rotatable bonds is 33. The number of nitrogens with one attached hydrogen (secondary N) is 8. The maximum atomic E-state index is 14.5. The number of aliphatic hydroxyl groups is 2. The lowest BCUT2D eigenvalue weighted by molar-refractivity contribution is -0.149. The third-order valence-electron chi connectivity index (χ3n) is 16.3. The third kappa shape index (κ3) is 20.3. The molecule has 10 amide bonds. The summed E-state index contributed by atoms with van der Waals surface area (Å²) in [5.74, 6) is -10.5. The molecule has 484 valence electrons. The number of nitrogens with two attached hydrogens (primary N) is 4. The second-order valence-electron chi connectivity index (χ2n) is 22.5. The van der Waals surface area contributed by atoms with Crippen molar-refractivity contribution in [2.45, 2.75) is 197 Å². The minimum Gasteiger partial charge on any atom is -0.480 e. The average molecular weight is 1240 g/mol. The van der Waals surface area contributed by atoms with Crippen molar-refractivity contribution in [3.05, 3.63) is 0 Å². The normalized spacial score (nSPS) is 21.8. The molecule has 4 fully saturated rings. The second-order valence-corrected chi connectivity index (χ2v) is 22.9. The van der Waals surface area contributed by atoms with Crippen molar-refractivity contribution in [2.24, 2.45) is 44.8 Å². The molecule has 4 aliphatic rings. The molecule has 19 N–H and O–H groups in total. The van der Waals surface area contributed by atoms with E-state index < -0.39 is 144 Å². The van der Waals surface area contributed by atoms with Gasteiger partial charge in [-0.3, -0.25) is 57.9 Å². The number of guanidine groups is 2. The van der Waals surface area contributed by atoms with Gasteiger partial charge in [-0.2, -0.15) is 12.6 Å². The van der Waals surface area contributed by atoms with Gasteiger partial charge in [0.25, 0.3) is 0 Å². The van der Waals surface area contributed by atoms with E-state index in [1.807, 2.05) is 0 Å². The van der Waals surface area contributed by atoms with E-state index in [1.54, 1.807) is 27.7 Å². The van der Waals surface area contributed by atoms with Crippen LogP contribution in [-0.4, -0.2) is 231 Å². The molecule has 0 unspecified atom stereocenters. The minimum atomic E-state index is -1.79. The number of aliphatic imine (C=N–C) groups is 2. The molecule has 4 rings (SSSR count). The quantitative estimate of drug-likeness (QED) is 0.0126. The zero-order valence-electron chi connectivity index (χ0n) is 50.0. The molecule has 0 radical (unpaired) electrons. The topological polar surface area (TPSA) is 483 Å². The van der Waals surface area contributed by atoms with Crippen LogP contribution < -0.4 is 65.5 Å². The number of carboxylic acid groups (broad SMARTS) is 1. The third-order valence-corrected chi connectivity index (χ3v) is 16.6. The van der Waals surface area contributed by atoms with Crippen LogP contribution in [0.1, 0.15) is 125 Å². The van der Waals surface area contributed by atoms with Crippen molar-refractivity contribution >= 4 is 89.6 Å². The van der Waals surface area contributed by atoms with Gasteiger partial charge < -0.3 is 95.5 Å².